The van der Waals surface area contributed by atoms with Crippen LogP contribution >= 0.6 is 15.9 Å². The number of halogens is 1. The third-order valence-corrected chi connectivity index (χ3v) is 4.54. The number of rotatable bonds is 5. The van der Waals surface area contributed by atoms with E-state index < -0.39 is 12.0 Å². The zero-order chi connectivity index (χ0) is 18.5. The fourth-order valence-electron chi connectivity index (χ4n) is 2.72. The highest BCUT2D eigenvalue weighted by Gasteiger charge is 2.32. The van der Waals surface area contributed by atoms with E-state index in [0.29, 0.717) is 23.4 Å². The molecule has 1 aromatic carbocycles. The molecule has 0 saturated carbocycles. The van der Waals surface area contributed by atoms with Gasteiger partial charge in [0.15, 0.2) is 0 Å². The number of benzene rings is 1. The van der Waals surface area contributed by atoms with Gasteiger partial charge in [0.05, 0.1) is 17.9 Å². The van der Waals surface area contributed by atoms with Crippen LogP contribution in [0, 0.1) is 0 Å². The van der Waals surface area contributed by atoms with Gasteiger partial charge in [-0.15, -0.1) is 0 Å². The number of ether oxygens (including phenoxy) is 1. The SMILES string of the molecule is CC1=C(C(=O)OCCc2ccc(Br)cc2)C(c2ccccn2)NC(=O)N1. The third kappa shape index (κ3) is 4.29. The lowest BCUT2D eigenvalue weighted by molar-refractivity contribution is -0.139. The van der Waals surface area contributed by atoms with Gasteiger partial charge in [-0.25, -0.2) is 9.59 Å². The summed E-state index contributed by atoms with van der Waals surface area (Å²) < 4.78 is 6.45. The Balaban J connectivity index is 1.71. The number of hydrogen-bond acceptors (Lipinski definition) is 4. The van der Waals surface area contributed by atoms with E-state index in [1.165, 1.54) is 0 Å². The molecular weight excluding hydrogens is 398 g/mol. The number of nitrogens with zero attached hydrogens (tertiary/aromatic N) is 1. The molecule has 134 valence electrons. The van der Waals surface area contributed by atoms with Crippen LogP contribution in [0.2, 0.25) is 0 Å². The van der Waals surface area contributed by atoms with Crippen LogP contribution in [0.1, 0.15) is 24.2 Å². The van der Waals surface area contributed by atoms with Crippen molar-refractivity contribution in [3.8, 4) is 0 Å². The topological polar surface area (TPSA) is 80.3 Å². The second kappa shape index (κ2) is 8.14. The normalized spacial score (nSPS) is 16.7. The van der Waals surface area contributed by atoms with E-state index in [0.717, 1.165) is 10.0 Å². The van der Waals surface area contributed by atoms with Crippen molar-refractivity contribution in [1.82, 2.24) is 15.6 Å². The van der Waals surface area contributed by atoms with Gasteiger partial charge in [0.2, 0.25) is 0 Å². The van der Waals surface area contributed by atoms with Crippen LogP contribution < -0.4 is 10.6 Å². The molecule has 6 nitrogen and oxygen atoms in total. The van der Waals surface area contributed by atoms with Crippen LogP contribution in [-0.2, 0) is 16.0 Å². The van der Waals surface area contributed by atoms with Gasteiger partial charge in [-0.3, -0.25) is 4.98 Å². The predicted octanol–water partition coefficient (Wildman–Crippen LogP) is 3.26. The Hall–Kier alpha value is -2.67. The van der Waals surface area contributed by atoms with Gasteiger partial charge in [-0.05, 0) is 36.8 Å². The van der Waals surface area contributed by atoms with E-state index >= 15 is 0 Å². The molecule has 1 aliphatic heterocycles. The third-order valence-electron chi connectivity index (χ3n) is 4.01. The van der Waals surface area contributed by atoms with Gasteiger partial charge >= 0.3 is 12.0 Å². The molecule has 0 bridgehead atoms. The van der Waals surface area contributed by atoms with Gasteiger partial charge in [0, 0.05) is 22.8 Å². The van der Waals surface area contributed by atoms with Gasteiger partial charge in [-0.2, -0.15) is 0 Å². The zero-order valence-corrected chi connectivity index (χ0v) is 15.7. The first-order valence-electron chi connectivity index (χ1n) is 8.15. The Morgan fingerprint density at radius 3 is 2.69 bits per heavy atom. The van der Waals surface area contributed by atoms with E-state index in [2.05, 4.69) is 31.5 Å². The summed E-state index contributed by atoms with van der Waals surface area (Å²) in [5.41, 5.74) is 2.49. The summed E-state index contributed by atoms with van der Waals surface area (Å²) in [6.07, 6.45) is 2.23. The fraction of sp³-hybridized carbons (Fsp3) is 0.211. The maximum Gasteiger partial charge on any atom is 0.338 e. The molecule has 1 aromatic heterocycles. The lowest BCUT2D eigenvalue weighted by atomic mass is 9.99. The molecule has 2 N–H and O–H groups in total. The Morgan fingerprint density at radius 2 is 2.00 bits per heavy atom. The summed E-state index contributed by atoms with van der Waals surface area (Å²) in [5, 5.41) is 5.35. The van der Waals surface area contributed by atoms with E-state index in [4.69, 9.17) is 4.74 Å². The minimum atomic E-state index is -0.634. The molecule has 2 amide bonds. The Kier molecular flexibility index (Phi) is 5.68. The van der Waals surface area contributed by atoms with Crippen LogP contribution in [0.3, 0.4) is 0 Å². The summed E-state index contributed by atoms with van der Waals surface area (Å²) in [7, 11) is 0. The molecule has 0 fully saturated rings. The standard InChI is InChI=1S/C19H18BrN3O3/c1-12-16(17(23-19(25)22-12)15-4-2-3-10-21-15)18(24)26-11-9-13-5-7-14(20)8-6-13/h2-8,10,17H,9,11H2,1H3,(H2,22,23,25). The summed E-state index contributed by atoms with van der Waals surface area (Å²) in [4.78, 5) is 28.7. The van der Waals surface area contributed by atoms with Crippen LogP contribution in [0.5, 0.6) is 0 Å². The molecule has 0 spiro atoms. The van der Waals surface area contributed by atoms with E-state index in [1.54, 1.807) is 25.3 Å². The Bertz CT molecular complexity index is 835. The van der Waals surface area contributed by atoms with Crippen LogP contribution in [0.25, 0.3) is 0 Å². The quantitative estimate of drug-likeness (QED) is 0.734. The number of amides is 2. The number of carbonyl (C=O) groups excluding carboxylic acids is 2. The minimum Gasteiger partial charge on any atom is -0.462 e. The average molecular weight is 416 g/mol. The van der Waals surface area contributed by atoms with E-state index in [-0.39, 0.29) is 12.6 Å². The molecule has 0 saturated heterocycles. The monoisotopic (exact) mass is 415 g/mol. The van der Waals surface area contributed by atoms with Crippen molar-refractivity contribution < 1.29 is 14.3 Å². The van der Waals surface area contributed by atoms with Crippen molar-refractivity contribution >= 4 is 27.9 Å². The van der Waals surface area contributed by atoms with Crippen molar-refractivity contribution in [2.24, 2.45) is 0 Å². The first-order valence-corrected chi connectivity index (χ1v) is 8.94. The van der Waals surface area contributed by atoms with E-state index in [1.807, 2.05) is 30.3 Å². The maximum absolute atomic E-state index is 12.6. The second-order valence-corrected chi connectivity index (χ2v) is 6.75. The number of esters is 1. The molecule has 1 aliphatic rings. The van der Waals surface area contributed by atoms with Crippen molar-refractivity contribution in [1.29, 1.82) is 0 Å². The smallest absolute Gasteiger partial charge is 0.338 e. The lowest BCUT2D eigenvalue weighted by Crippen LogP contribution is -2.45. The number of carbonyl (C=O) groups is 2. The lowest BCUT2D eigenvalue weighted by Gasteiger charge is -2.27. The largest absolute Gasteiger partial charge is 0.462 e. The number of nitrogens with one attached hydrogen (secondary N) is 2. The summed E-state index contributed by atoms with van der Waals surface area (Å²) in [6, 6.07) is 12.2. The number of hydrogen-bond donors (Lipinski definition) is 2. The summed E-state index contributed by atoms with van der Waals surface area (Å²) in [6.45, 7) is 1.93. The second-order valence-electron chi connectivity index (χ2n) is 5.84. The first kappa shape index (κ1) is 18.1. The zero-order valence-electron chi connectivity index (χ0n) is 14.2. The molecule has 1 atom stereocenters. The van der Waals surface area contributed by atoms with Crippen molar-refractivity contribution in [3.63, 3.8) is 0 Å². The average Bonchev–Trinajstić information content (AvgIpc) is 2.63. The summed E-state index contributed by atoms with van der Waals surface area (Å²) in [5.74, 6) is -0.470. The fourth-order valence-corrected chi connectivity index (χ4v) is 2.99. The number of aromatic nitrogens is 1. The highest BCUT2D eigenvalue weighted by Crippen LogP contribution is 2.26. The molecule has 0 aliphatic carbocycles. The number of allylic oxidation sites excluding steroid dienone is 1. The molecular formula is C19H18BrN3O3. The number of pyridine rings is 1. The van der Waals surface area contributed by atoms with Gasteiger partial charge in [0.25, 0.3) is 0 Å². The highest BCUT2D eigenvalue weighted by molar-refractivity contribution is 9.10. The van der Waals surface area contributed by atoms with Crippen LogP contribution in [-0.4, -0.2) is 23.6 Å². The van der Waals surface area contributed by atoms with Crippen LogP contribution in [0.4, 0.5) is 4.79 Å². The van der Waals surface area contributed by atoms with Crippen molar-refractivity contribution in [2.75, 3.05) is 6.61 Å². The van der Waals surface area contributed by atoms with Crippen molar-refractivity contribution in [3.05, 3.63) is 75.7 Å². The van der Waals surface area contributed by atoms with E-state index in [9.17, 15) is 9.59 Å². The molecule has 2 heterocycles. The van der Waals surface area contributed by atoms with Crippen LogP contribution in [0.15, 0.2) is 64.4 Å². The predicted molar refractivity (Wildman–Crippen MR) is 100 cm³/mol. The summed E-state index contributed by atoms with van der Waals surface area (Å²) >= 11 is 3.39. The Morgan fingerprint density at radius 1 is 1.23 bits per heavy atom. The molecule has 2 aromatic rings. The molecule has 7 heteroatoms. The number of urea groups is 1. The molecule has 3 rings (SSSR count). The van der Waals surface area contributed by atoms with Gasteiger partial charge in [-0.1, -0.05) is 34.1 Å². The Labute approximate surface area is 159 Å². The first-order chi connectivity index (χ1) is 12.5. The molecule has 1 unspecified atom stereocenters. The molecule has 0 radical (unpaired) electrons. The van der Waals surface area contributed by atoms with Gasteiger partial charge in [0.1, 0.15) is 6.04 Å². The highest BCUT2D eigenvalue weighted by atomic mass is 79.9. The van der Waals surface area contributed by atoms with Crippen molar-refractivity contribution in [2.45, 2.75) is 19.4 Å². The maximum atomic E-state index is 12.6. The minimum absolute atomic E-state index is 0.250. The van der Waals surface area contributed by atoms with Gasteiger partial charge < -0.3 is 15.4 Å². The molecule has 26 heavy (non-hydrogen) atoms.